The monoisotopic (exact) mass is 527 g/mol. The zero-order chi connectivity index (χ0) is 27.4. The standard InChI is InChI=1S/C28H18F5NO4/c29-21-7-9-22(10-8-21)38-25-11-6-17(16-2-1-3-20(12-16)28(31,32)33)13-23(25)26(35)34-15-19-5-4-18(27(36)37)14-24(19)30/h1-14H,15H2,(H,34,35)(H,36,37). The van der Waals surface area contributed by atoms with Crippen LogP contribution in [0.5, 0.6) is 11.5 Å². The molecule has 0 bridgehead atoms. The highest BCUT2D eigenvalue weighted by Crippen LogP contribution is 2.34. The molecule has 4 rings (SSSR count). The Morgan fingerprint density at radius 1 is 0.842 bits per heavy atom. The van der Waals surface area contributed by atoms with Crippen LogP contribution in [0.2, 0.25) is 0 Å². The van der Waals surface area contributed by atoms with Crippen LogP contribution < -0.4 is 10.1 Å². The number of amides is 1. The summed E-state index contributed by atoms with van der Waals surface area (Å²) in [5, 5.41) is 11.5. The lowest BCUT2D eigenvalue weighted by atomic mass is 10.00. The fourth-order valence-corrected chi connectivity index (χ4v) is 3.58. The average molecular weight is 527 g/mol. The highest BCUT2D eigenvalue weighted by Gasteiger charge is 2.30. The summed E-state index contributed by atoms with van der Waals surface area (Å²) in [5.41, 5.74) is -0.721. The summed E-state index contributed by atoms with van der Waals surface area (Å²) in [5.74, 6) is -3.18. The summed E-state index contributed by atoms with van der Waals surface area (Å²) < 4.78 is 73.0. The Hall–Kier alpha value is -4.73. The summed E-state index contributed by atoms with van der Waals surface area (Å²) in [4.78, 5) is 24.1. The fraction of sp³-hybridized carbons (Fsp3) is 0.0714. The number of hydrogen-bond acceptors (Lipinski definition) is 3. The van der Waals surface area contributed by atoms with E-state index >= 15 is 0 Å². The van der Waals surface area contributed by atoms with Crippen molar-refractivity contribution in [2.24, 2.45) is 0 Å². The first-order chi connectivity index (χ1) is 18.0. The number of halogens is 5. The van der Waals surface area contributed by atoms with Gasteiger partial charge in [0.1, 0.15) is 23.1 Å². The van der Waals surface area contributed by atoms with Gasteiger partial charge in [0.2, 0.25) is 0 Å². The summed E-state index contributed by atoms with van der Waals surface area (Å²) in [7, 11) is 0. The van der Waals surface area contributed by atoms with Crippen molar-refractivity contribution in [3.8, 4) is 22.6 Å². The highest BCUT2D eigenvalue weighted by atomic mass is 19.4. The predicted octanol–water partition coefficient (Wildman–Crippen LogP) is 7.07. The first kappa shape index (κ1) is 26.3. The summed E-state index contributed by atoms with van der Waals surface area (Å²) in [6, 6.07) is 16.9. The van der Waals surface area contributed by atoms with Crippen molar-refractivity contribution in [3.63, 3.8) is 0 Å². The van der Waals surface area contributed by atoms with Gasteiger partial charge in [-0.15, -0.1) is 0 Å². The molecule has 0 atom stereocenters. The van der Waals surface area contributed by atoms with Gasteiger partial charge in [-0.05, 0) is 71.8 Å². The lowest BCUT2D eigenvalue weighted by Crippen LogP contribution is -2.24. The van der Waals surface area contributed by atoms with Crippen LogP contribution >= 0.6 is 0 Å². The molecular weight excluding hydrogens is 509 g/mol. The van der Waals surface area contributed by atoms with Crippen LogP contribution in [0.15, 0.2) is 84.9 Å². The van der Waals surface area contributed by atoms with E-state index in [1.54, 1.807) is 0 Å². The molecule has 5 nitrogen and oxygen atoms in total. The maximum atomic E-state index is 14.3. The third-order valence-electron chi connectivity index (χ3n) is 5.53. The minimum Gasteiger partial charge on any atom is -0.478 e. The van der Waals surface area contributed by atoms with Gasteiger partial charge in [-0.25, -0.2) is 13.6 Å². The van der Waals surface area contributed by atoms with Gasteiger partial charge < -0.3 is 15.2 Å². The van der Waals surface area contributed by atoms with Crippen LogP contribution in [-0.2, 0) is 12.7 Å². The van der Waals surface area contributed by atoms with Gasteiger partial charge >= 0.3 is 12.1 Å². The molecule has 10 heteroatoms. The lowest BCUT2D eigenvalue weighted by Gasteiger charge is -2.15. The minimum absolute atomic E-state index is 0.0124. The van der Waals surface area contributed by atoms with Crippen LogP contribution in [0.1, 0.15) is 31.8 Å². The highest BCUT2D eigenvalue weighted by molar-refractivity contribution is 5.98. The molecule has 0 radical (unpaired) electrons. The van der Waals surface area contributed by atoms with Gasteiger partial charge in [0.05, 0.1) is 16.7 Å². The average Bonchev–Trinajstić information content (AvgIpc) is 2.88. The molecule has 2 N–H and O–H groups in total. The molecule has 0 aliphatic heterocycles. The van der Waals surface area contributed by atoms with Crippen LogP contribution in [0.25, 0.3) is 11.1 Å². The molecule has 4 aromatic carbocycles. The third kappa shape index (κ3) is 6.15. The normalized spacial score (nSPS) is 11.2. The number of carboxylic acid groups (broad SMARTS) is 1. The van der Waals surface area contributed by atoms with Crippen molar-refractivity contribution in [2.75, 3.05) is 0 Å². The zero-order valence-electron chi connectivity index (χ0n) is 19.4. The Bertz CT molecular complexity index is 1500. The molecule has 0 saturated heterocycles. The van der Waals surface area contributed by atoms with Gasteiger partial charge in [-0.1, -0.05) is 24.3 Å². The number of hydrogen-bond donors (Lipinski definition) is 2. The number of nitrogens with one attached hydrogen (secondary N) is 1. The summed E-state index contributed by atoms with van der Waals surface area (Å²) in [6.45, 7) is -0.311. The second-order valence-electron chi connectivity index (χ2n) is 8.14. The van der Waals surface area contributed by atoms with Gasteiger partial charge in [0.25, 0.3) is 5.91 Å². The molecule has 0 saturated carbocycles. The smallest absolute Gasteiger partial charge is 0.416 e. The van der Waals surface area contributed by atoms with Crippen molar-refractivity contribution in [3.05, 3.63) is 119 Å². The second-order valence-corrected chi connectivity index (χ2v) is 8.14. The molecule has 0 spiro atoms. The number of carbonyl (C=O) groups is 2. The molecule has 0 aliphatic carbocycles. The van der Waals surface area contributed by atoms with E-state index in [1.165, 1.54) is 54.6 Å². The minimum atomic E-state index is -4.57. The topological polar surface area (TPSA) is 75.6 Å². The molecular formula is C28H18F5NO4. The number of aromatic carboxylic acids is 1. The first-order valence-corrected chi connectivity index (χ1v) is 11.1. The molecule has 4 aromatic rings. The number of carbonyl (C=O) groups excluding carboxylic acids is 1. The number of rotatable bonds is 7. The quantitative estimate of drug-likeness (QED) is 0.252. The van der Waals surface area contributed by atoms with Gasteiger partial charge in [0.15, 0.2) is 0 Å². The molecule has 194 valence electrons. The Morgan fingerprint density at radius 3 is 2.21 bits per heavy atom. The van der Waals surface area contributed by atoms with Crippen molar-refractivity contribution < 1.29 is 41.4 Å². The van der Waals surface area contributed by atoms with Crippen LogP contribution in [0.3, 0.4) is 0 Å². The Labute approximate surface area is 213 Å². The van der Waals surface area contributed by atoms with Crippen molar-refractivity contribution in [1.29, 1.82) is 0 Å². The number of carboxylic acids is 1. The number of benzene rings is 4. The maximum absolute atomic E-state index is 14.3. The first-order valence-electron chi connectivity index (χ1n) is 11.1. The van der Waals surface area contributed by atoms with E-state index in [0.29, 0.717) is 0 Å². The van der Waals surface area contributed by atoms with Crippen molar-refractivity contribution >= 4 is 11.9 Å². The Balaban J connectivity index is 1.67. The molecule has 1 amide bonds. The fourth-order valence-electron chi connectivity index (χ4n) is 3.58. The molecule has 0 fully saturated rings. The van der Waals surface area contributed by atoms with Crippen molar-refractivity contribution in [2.45, 2.75) is 12.7 Å². The van der Waals surface area contributed by atoms with Gasteiger partial charge in [-0.2, -0.15) is 13.2 Å². The van der Waals surface area contributed by atoms with E-state index in [0.717, 1.165) is 30.3 Å². The van der Waals surface area contributed by atoms with E-state index in [-0.39, 0.29) is 45.9 Å². The largest absolute Gasteiger partial charge is 0.478 e. The third-order valence-corrected chi connectivity index (χ3v) is 5.53. The summed E-state index contributed by atoms with van der Waals surface area (Å²) >= 11 is 0. The Kier molecular flexibility index (Phi) is 7.43. The van der Waals surface area contributed by atoms with E-state index in [2.05, 4.69) is 5.32 Å². The SMILES string of the molecule is O=C(O)c1ccc(CNC(=O)c2cc(-c3cccc(C(F)(F)F)c3)ccc2Oc2ccc(F)cc2)c(F)c1. The zero-order valence-corrected chi connectivity index (χ0v) is 19.4. The molecule has 0 aromatic heterocycles. The van der Waals surface area contributed by atoms with Gasteiger partial charge in [0, 0.05) is 12.1 Å². The van der Waals surface area contributed by atoms with E-state index in [1.807, 2.05) is 0 Å². The van der Waals surface area contributed by atoms with Crippen LogP contribution in [0, 0.1) is 11.6 Å². The molecule has 0 aliphatic rings. The molecule has 38 heavy (non-hydrogen) atoms. The predicted molar refractivity (Wildman–Crippen MR) is 128 cm³/mol. The second kappa shape index (κ2) is 10.7. The van der Waals surface area contributed by atoms with E-state index < -0.39 is 35.3 Å². The number of ether oxygens (including phenoxy) is 1. The van der Waals surface area contributed by atoms with Gasteiger partial charge in [-0.3, -0.25) is 4.79 Å². The number of alkyl halides is 3. The van der Waals surface area contributed by atoms with E-state index in [9.17, 15) is 31.5 Å². The maximum Gasteiger partial charge on any atom is 0.416 e. The Morgan fingerprint density at radius 2 is 1.55 bits per heavy atom. The summed E-state index contributed by atoms with van der Waals surface area (Å²) in [6.07, 6.45) is -4.57. The van der Waals surface area contributed by atoms with E-state index in [4.69, 9.17) is 9.84 Å². The molecule has 0 unspecified atom stereocenters. The van der Waals surface area contributed by atoms with Crippen molar-refractivity contribution in [1.82, 2.24) is 5.32 Å². The molecule has 0 heterocycles. The van der Waals surface area contributed by atoms with Crippen LogP contribution in [-0.4, -0.2) is 17.0 Å². The van der Waals surface area contributed by atoms with Crippen LogP contribution in [0.4, 0.5) is 22.0 Å². The lowest BCUT2D eigenvalue weighted by molar-refractivity contribution is -0.137.